The highest BCUT2D eigenvalue weighted by Gasteiger charge is 2.27. The Morgan fingerprint density at radius 2 is 1.83 bits per heavy atom. The van der Waals surface area contributed by atoms with Crippen molar-refractivity contribution in [2.45, 2.75) is 38.4 Å². The Kier molecular flexibility index (Phi) is 5.54. The molecule has 0 spiro atoms. The lowest BCUT2D eigenvalue weighted by molar-refractivity contribution is -0.117. The van der Waals surface area contributed by atoms with Crippen molar-refractivity contribution in [2.24, 2.45) is 0 Å². The molecule has 0 radical (unpaired) electrons. The van der Waals surface area contributed by atoms with E-state index in [9.17, 15) is 13.2 Å². The summed E-state index contributed by atoms with van der Waals surface area (Å²) in [5.74, 6) is 0.0556. The van der Waals surface area contributed by atoms with E-state index in [2.05, 4.69) is 0 Å². The average molecular weight is 268 g/mol. The fourth-order valence-corrected chi connectivity index (χ4v) is 3.90. The van der Waals surface area contributed by atoms with Gasteiger partial charge in [-0.2, -0.15) is 0 Å². The summed E-state index contributed by atoms with van der Waals surface area (Å²) < 4.78 is 24.5. The summed E-state index contributed by atoms with van der Waals surface area (Å²) in [4.78, 5) is 11.3. The molecule has 1 rings (SSSR count). The zero-order valence-electron chi connectivity index (χ0n) is 10.9. The Balaban J connectivity index is 3.02. The van der Waals surface area contributed by atoms with Crippen LogP contribution in [0.3, 0.4) is 0 Å². The van der Waals surface area contributed by atoms with E-state index in [-0.39, 0.29) is 18.0 Å². The van der Waals surface area contributed by atoms with Gasteiger partial charge in [-0.3, -0.25) is 4.79 Å². The van der Waals surface area contributed by atoms with E-state index in [4.69, 9.17) is 0 Å². The van der Waals surface area contributed by atoms with Crippen molar-refractivity contribution in [3.05, 3.63) is 35.9 Å². The molecule has 0 bridgehead atoms. The topological polar surface area (TPSA) is 51.2 Å². The molecule has 0 saturated heterocycles. The number of rotatable bonds is 7. The van der Waals surface area contributed by atoms with E-state index in [0.717, 1.165) is 6.42 Å². The van der Waals surface area contributed by atoms with E-state index >= 15 is 0 Å². The van der Waals surface area contributed by atoms with Crippen molar-refractivity contribution < 1.29 is 13.2 Å². The van der Waals surface area contributed by atoms with Gasteiger partial charge in [-0.25, -0.2) is 8.42 Å². The van der Waals surface area contributed by atoms with E-state index in [0.29, 0.717) is 12.0 Å². The summed E-state index contributed by atoms with van der Waals surface area (Å²) in [7, 11) is -3.25. The lowest BCUT2D eigenvalue weighted by Crippen LogP contribution is -2.19. The number of unbranched alkanes of at least 4 members (excludes halogenated alkanes) is 1. The van der Waals surface area contributed by atoms with Crippen LogP contribution in [0.15, 0.2) is 30.3 Å². The number of benzene rings is 1. The molecule has 0 fully saturated rings. The van der Waals surface area contributed by atoms with Crippen LogP contribution in [0.2, 0.25) is 0 Å². The summed E-state index contributed by atoms with van der Waals surface area (Å²) in [5.41, 5.74) is 0.712. The monoisotopic (exact) mass is 268 g/mol. The second-order valence-corrected chi connectivity index (χ2v) is 6.83. The molecule has 18 heavy (non-hydrogen) atoms. The molecule has 4 heteroatoms. The fourth-order valence-electron chi connectivity index (χ4n) is 1.87. The Hall–Kier alpha value is -1.16. The number of carbonyl (C=O) groups is 1. The molecule has 3 nitrogen and oxygen atoms in total. The van der Waals surface area contributed by atoms with E-state index < -0.39 is 15.1 Å². The lowest BCUT2D eigenvalue weighted by atomic mass is 10.1. The molecule has 0 amide bonds. The van der Waals surface area contributed by atoms with Crippen LogP contribution < -0.4 is 0 Å². The number of sulfone groups is 1. The van der Waals surface area contributed by atoms with Crippen LogP contribution in [-0.4, -0.2) is 20.0 Å². The molecule has 1 aromatic rings. The van der Waals surface area contributed by atoms with Gasteiger partial charge in [-0.15, -0.1) is 0 Å². The van der Waals surface area contributed by atoms with Gasteiger partial charge in [0, 0.05) is 6.42 Å². The quantitative estimate of drug-likeness (QED) is 0.764. The van der Waals surface area contributed by atoms with Gasteiger partial charge in [-0.05, 0) is 18.9 Å². The minimum atomic E-state index is -3.25. The van der Waals surface area contributed by atoms with Crippen LogP contribution in [0.4, 0.5) is 0 Å². The summed E-state index contributed by atoms with van der Waals surface area (Å²) in [6.45, 7) is 3.39. The van der Waals surface area contributed by atoms with Gasteiger partial charge in [0.2, 0.25) is 0 Å². The molecule has 1 atom stereocenters. The van der Waals surface area contributed by atoms with Gasteiger partial charge in [0.25, 0.3) is 0 Å². The second-order valence-electron chi connectivity index (χ2n) is 4.53. The first kappa shape index (κ1) is 14.9. The summed E-state index contributed by atoms with van der Waals surface area (Å²) >= 11 is 0. The second kappa shape index (κ2) is 6.69. The standard InChI is InChI=1S/C14H20O3S/c1-3-4-10-18(16,17)14(11-12(2)15)13-8-6-5-7-9-13/h5-9,14H,3-4,10-11H2,1-2H3. The third-order valence-electron chi connectivity index (χ3n) is 2.86. The number of hydrogen-bond acceptors (Lipinski definition) is 3. The van der Waals surface area contributed by atoms with Crippen molar-refractivity contribution in [3.63, 3.8) is 0 Å². The van der Waals surface area contributed by atoms with Gasteiger partial charge in [-0.1, -0.05) is 43.7 Å². The van der Waals surface area contributed by atoms with Gasteiger partial charge < -0.3 is 0 Å². The number of ketones is 1. The molecule has 100 valence electrons. The number of Topliss-reactive ketones (excluding diaryl/α,β-unsaturated/α-hetero) is 1. The van der Waals surface area contributed by atoms with E-state index in [1.54, 1.807) is 24.3 Å². The maximum atomic E-state index is 12.3. The zero-order valence-corrected chi connectivity index (χ0v) is 11.7. The van der Waals surface area contributed by atoms with Crippen LogP contribution in [-0.2, 0) is 14.6 Å². The lowest BCUT2D eigenvalue weighted by Gasteiger charge is -2.16. The van der Waals surface area contributed by atoms with Crippen molar-refractivity contribution in [2.75, 3.05) is 5.75 Å². The van der Waals surface area contributed by atoms with E-state index in [1.165, 1.54) is 6.92 Å². The molecular formula is C14H20O3S. The van der Waals surface area contributed by atoms with Crippen molar-refractivity contribution in [1.29, 1.82) is 0 Å². The van der Waals surface area contributed by atoms with Crippen LogP contribution in [0, 0.1) is 0 Å². The molecule has 0 aliphatic carbocycles. The molecule has 0 aliphatic heterocycles. The van der Waals surface area contributed by atoms with Crippen LogP contribution >= 0.6 is 0 Å². The Morgan fingerprint density at radius 3 is 2.33 bits per heavy atom. The highest BCUT2D eigenvalue weighted by molar-refractivity contribution is 7.91. The summed E-state index contributed by atoms with van der Waals surface area (Å²) in [6, 6.07) is 9.00. The Labute approximate surface area is 109 Å². The maximum Gasteiger partial charge on any atom is 0.157 e. The Bertz CT molecular complexity index is 477. The van der Waals surface area contributed by atoms with Crippen molar-refractivity contribution in [1.82, 2.24) is 0 Å². The highest BCUT2D eigenvalue weighted by Crippen LogP contribution is 2.27. The van der Waals surface area contributed by atoms with Gasteiger partial charge in [0.15, 0.2) is 9.84 Å². The minimum Gasteiger partial charge on any atom is -0.300 e. The molecule has 1 aromatic carbocycles. The van der Waals surface area contributed by atoms with Crippen molar-refractivity contribution >= 4 is 15.6 Å². The normalized spacial score (nSPS) is 13.2. The largest absolute Gasteiger partial charge is 0.300 e. The smallest absolute Gasteiger partial charge is 0.157 e. The number of carbonyl (C=O) groups excluding carboxylic acids is 1. The zero-order chi connectivity index (χ0) is 13.6. The van der Waals surface area contributed by atoms with Crippen LogP contribution in [0.5, 0.6) is 0 Å². The highest BCUT2D eigenvalue weighted by atomic mass is 32.2. The third kappa shape index (κ3) is 4.26. The van der Waals surface area contributed by atoms with Gasteiger partial charge >= 0.3 is 0 Å². The molecule has 0 aromatic heterocycles. The maximum absolute atomic E-state index is 12.3. The Morgan fingerprint density at radius 1 is 1.22 bits per heavy atom. The first-order valence-electron chi connectivity index (χ1n) is 6.23. The summed E-state index contributed by atoms with van der Waals surface area (Å²) in [6.07, 6.45) is 1.54. The fraction of sp³-hybridized carbons (Fsp3) is 0.500. The van der Waals surface area contributed by atoms with Gasteiger partial charge in [0.1, 0.15) is 5.78 Å². The van der Waals surface area contributed by atoms with E-state index in [1.807, 2.05) is 13.0 Å². The predicted molar refractivity (Wildman–Crippen MR) is 73.2 cm³/mol. The summed E-state index contributed by atoms with van der Waals surface area (Å²) in [5, 5.41) is -0.692. The molecule has 0 N–H and O–H groups in total. The van der Waals surface area contributed by atoms with Crippen molar-refractivity contribution in [3.8, 4) is 0 Å². The average Bonchev–Trinajstić information content (AvgIpc) is 2.34. The van der Waals surface area contributed by atoms with Crippen LogP contribution in [0.25, 0.3) is 0 Å². The third-order valence-corrected chi connectivity index (χ3v) is 5.02. The molecule has 0 aliphatic rings. The first-order valence-corrected chi connectivity index (χ1v) is 7.95. The van der Waals surface area contributed by atoms with Crippen LogP contribution in [0.1, 0.15) is 43.9 Å². The SMILES string of the molecule is CCCCS(=O)(=O)C(CC(C)=O)c1ccccc1. The van der Waals surface area contributed by atoms with Gasteiger partial charge in [0.05, 0.1) is 11.0 Å². The molecule has 0 heterocycles. The molecular weight excluding hydrogens is 248 g/mol. The number of hydrogen-bond donors (Lipinski definition) is 0. The molecule has 0 saturated carbocycles. The first-order chi connectivity index (χ1) is 8.47. The predicted octanol–water partition coefficient (Wildman–Crippen LogP) is 2.92. The minimum absolute atomic E-state index is 0.0655. The molecule has 1 unspecified atom stereocenters.